The van der Waals surface area contributed by atoms with E-state index in [4.69, 9.17) is 4.98 Å². The molecule has 3 heteroatoms. The second kappa shape index (κ2) is 5.56. The van der Waals surface area contributed by atoms with Crippen LogP contribution >= 0.6 is 0 Å². The van der Waals surface area contributed by atoms with Crippen molar-refractivity contribution in [3.63, 3.8) is 0 Å². The van der Waals surface area contributed by atoms with Gasteiger partial charge in [-0.1, -0.05) is 25.7 Å². The van der Waals surface area contributed by atoms with Crippen LogP contribution < -0.4 is 5.32 Å². The molecule has 3 nitrogen and oxygen atoms in total. The first-order chi connectivity index (χ1) is 9.24. The smallest absolute Gasteiger partial charge is 0.203 e. The maximum atomic E-state index is 4.72. The molecule has 1 N–H and O–H groups in total. The molecule has 0 spiro atoms. The van der Waals surface area contributed by atoms with Crippen molar-refractivity contribution in [2.24, 2.45) is 5.92 Å². The van der Waals surface area contributed by atoms with Gasteiger partial charge in [-0.05, 0) is 45.4 Å². The van der Waals surface area contributed by atoms with Crippen LogP contribution in [0.5, 0.6) is 0 Å². The highest BCUT2D eigenvalue weighted by Crippen LogP contribution is 2.33. The molecule has 0 aliphatic heterocycles. The van der Waals surface area contributed by atoms with Crippen LogP contribution in [0.4, 0.5) is 5.95 Å². The maximum absolute atomic E-state index is 4.72. The second-order valence-corrected chi connectivity index (χ2v) is 6.53. The van der Waals surface area contributed by atoms with Crippen LogP contribution in [0.2, 0.25) is 0 Å². The molecular weight excluding hydrogens is 234 g/mol. The van der Waals surface area contributed by atoms with Gasteiger partial charge >= 0.3 is 0 Å². The Morgan fingerprint density at radius 1 is 1.16 bits per heavy atom. The molecule has 0 radical (unpaired) electrons. The van der Waals surface area contributed by atoms with Gasteiger partial charge in [0.2, 0.25) is 5.95 Å². The molecule has 0 amide bonds. The van der Waals surface area contributed by atoms with Gasteiger partial charge in [0.15, 0.2) is 0 Å². The van der Waals surface area contributed by atoms with Crippen molar-refractivity contribution < 1.29 is 0 Å². The largest absolute Gasteiger partial charge is 0.353 e. The quantitative estimate of drug-likeness (QED) is 0.876. The number of hydrogen-bond acceptors (Lipinski definition) is 2. The molecule has 0 saturated heterocycles. The van der Waals surface area contributed by atoms with Gasteiger partial charge in [-0.2, -0.15) is 0 Å². The fourth-order valence-corrected chi connectivity index (χ4v) is 3.52. The first kappa shape index (κ1) is 13.0. The van der Waals surface area contributed by atoms with Crippen molar-refractivity contribution in [3.8, 4) is 0 Å². The van der Waals surface area contributed by atoms with E-state index in [0.717, 1.165) is 17.6 Å². The van der Waals surface area contributed by atoms with Gasteiger partial charge in [-0.15, -0.1) is 0 Å². The van der Waals surface area contributed by atoms with E-state index in [2.05, 4.69) is 29.9 Å². The van der Waals surface area contributed by atoms with Gasteiger partial charge in [0.05, 0.1) is 5.69 Å². The van der Waals surface area contributed by atoms with Gasteiger partial charge in [0, 0.05) is 18.3 Å². The fraction of sp³-hybridized carbons (Fsp3) is 0.812. The van der Waals surface area contributed by atoms with Crippen molar-refractivity contribution in [1.82, 2.24) is 9.55 Å². The zero-order valence-corrected chi connectivity index (χ0v) is 12.4. The van der Waals surface area contributed by atoms with Crippen molar-refractivity contribution in [3.05, 3.63) is 11.9 Å². The third kappa shape index (κ3) is 2.80. The van der Waals surface area contributed by atoms with E-state index in [-0.39, 0.29) is 0 Å². The lowest BCUT2D eigenvalue weighted by Crippen LogP contribution is -2.32. The van der Waals surface area contributed by atoms with E-state index >= 15 is 0 Å². The molecule has 2 saturated carbocycles. The highest BCUT2D eigenvalue weighted by Gasteiger charge is 2.26. The van der Waals surface area contributed by atoms with Gasteiger partial charge in [-0.25, -0.2) is 4.98 Å². The number of nitrogens with one attached hydrogen (secondary N) is 1. The predicted molar refractivity (Wildman–Crippen MR) is 79.5 cm³/mol. The van der Waals surface area contributed by atoms with Crippen LogP contribution in [0, 0.1) is 12.8 Å². The molecule has 19 heavy (non-hydrogen) atoms. The van der Waals surface area contributed by atoms with Crippen molar-refractivity contribution in [1.29, 1.82) is 0 Å². The Balaban J connectivity index is 1.72. The minimum absolute atomic E-state index is 0.567. The van der Waals surface area contributed by atoms with Gasteiger partial charge in [0.25, 0.3) is 0 Å². The minimum Gasteiger partial charge on any atom is -0.353 e. The van der Waals surface area contributed by atoms with Crippen LogP contribution in [0.3, 0.4) is 0 Å². The molecule has 1 aromatic heterocycles. The van der Waals surface area contributed by atoms with Gasteiger partial charge in [-0.3, -0.25) is 0 Å². The Morgan fingerprint density at radius 2 is 1.89 bits per heavy atom. The highest BCUT2D eigenvalue weighted by molar-refractivity contribution is 5.31. The average Bonchev–Trinajstić information content (AvgIpc) is 2.69. The van der Waals surface area contributed by atoms with E-state index in [1.165, 1.54) is 51.4 Å². The normalized spacial score (nSPS) is 23.1. The Bertz CT molecular complexity index is 414. The van der Waals surface area contributed by atoms with Crippen LogP contribution in [0.1, 0.15) is 70.0 Å². The molecule has 2 fully saturated rings. The summed E-state index contributed by atoms with van der Waals surface area (Å²) in [7, 11) is 0. The fourth-order valence-electron chi connectivity index (χ4n) is 3.52. The summed E-state index contributed by atoms with van der Waals surface area (Å²) in [5, 5.41) is 3.68. The number of aromatic nitrogens is 2. The lowest BCUT2D eigenvalue weighted by Gasteiger charge is -2.33. The molecule has 106 valence electrons. The molecule has 1 atom stereocenters. The first-order valence-electron chi connectivity index (χ1n) is 8.06. The monoisotopic (exact) mass is 261 g/mol. The highest BCUT2D eigenvalue weighted by atomic mass is 15.2. The van der Waals surface area contributed by atoms with Crippen LogP contribution in [0.25, 0.3) is 0 Å². The third-order valence-electron chi connectivity index (χ3n) is 5.03. The summed E-state index contributed by atoms with van der Waals surface area (Å²) in [6, 6.07) is 1.24. The van der Waals surface area contributed by atoms with Crippen molar-refractivity contribution in [2.45, 2.75) is 77.3 Å². The van der Waals surface area contributed by atoms with Gasteiger partial charge in [0.1, 0.15) is 0 Å². The van der Waals surface area contributed by atoms with Crippen LogP contribution in [-0.2, 0) is 0 Å². The molecule has 0 aromatic carbocycles. The van der Waals surface area contributed by atoms with E-state index < -0.39 is 0 Å². The summed E-state index contributed by atoms with van der Waals surface area (Å²) in [5.74, 6) is 1.97. The Labute approximate surface area is 116 Å². The van der Waals surface area contributed by atoms with E-state index in [1.54, 1.807) is 0 Å². The number of hydrogen-bond donors (Lipinski definition) is 1. The summed E-state index contributed by atoms with van der Waals surface area (Å²) in [5.41, 5.74) is 1.15. The van der Waals surface area contributed by atoms with Crippen molar-refractivity contribution in [2.75, 3.05) is 5.32 Å². The number of aryl methyl sites for hydroxylation is 1. The predicted octanol–water partition coefficient (Wildman–Crippen LogP) is 4.30. The van der Waals surface area contributed by atoms with Crippen LogP contribution in [0.15, 0.2) is 6.20 Å². The maximum Gasteiger partial charge on any atom is 0.203 e. The third-order valence-corrected chi connectivity index (χ3v) is 5.03. The molecule has 1 unspecified atom stereocenters. The number of nitrogens with zero attached hydrogens (tertiary/aromatic N) is 2. The zero-order chi connectivity index (χ0) is 13.2. The standard InChI is InChI=1S/C16H27N3/c1-12-11-19(15-9-4-3-5-10-15)16(17-12)18-13(2)14-7-6-8-14/h11,13-15H,3-10H2,1-2H3,(H,17,18). The zero-order valence-electron chi connectivity index (χ0n) is 12.4. The molecule has 2 aliphatic rings. The molecule has 1 aromatic rings. The number of rotatable bonds is 4. The Kier molecular flexibility index (Phi) is 3.81. The minimum atomic E-state index is 0.567. The number of imidazole rings is 1. The van der Waals surface area contributed by atoms with E-state index in [1.807, 2.05) is 0 Å². The summed E-state index contributed by atoms with van der Waals surface area (Å²) >= 11 is 0. The lowest BCUT2D eigenvalue weighted by molar-refractivity contribution is 0.282. The van der Waals surface area contributed by atoms with Gasteiger partial charge < -0.3 is 9.88 Å². The topological polar surface area (TPSA) is 29.9 Å². The Hall–Kier alpha value is -0.990. The summed E-state index contributed by atoms with van der Waals surface area (Å²) in [4.78, 5) is 4.72. The van der Waals surface area contributed by atoms with Crippen LogP contribution in [-0.4, -0.2) is 15.6 Å². The summed E-state index contributed by atoms with van der Waals surface area (Å²) in [6.45, 7) is 4.43. The molecule has 2 aliphatic carbocycles. The lowest BCUT2D eigenvalue weighted by atomic mass is 9.80. The molecule has 1 heterocycles. The van der Waals surface area contributed by atoms with Crippen molar-refractivity contribution >= 4 is 5.95 Å². The molecule has 0 bridgehead atoms. The molecule has 3 rings (SSSR count). The van der Waals surface area contributed by atoms with E-state index in [9.17, 15) is 0 Å². The molecular formula is C16H27N3. The Morgan fingerprint density at radius 3 is 2.53 bits per heavy atom. The summed E-state index contributed by atoms with van der Waals surface area (Å²) < 4.78 is 2.42. The first-order valence-corrected chi connectivity index (χ1v) is 8.06. The van der Waals surface area contributed by atoms with E-state index in [0.29, 0.717) is 12.1 Å². The summed E-state index contributed by atoms with van der Waals surface area (Å²) in [6.07, 6.45) is 13.2. The SMILES string of the molecule is Cc1cn(C2CCCCC2)c(NC(C)C2CCC2)n1. The average molecular weight is 261 g/mol. The second-order valence-electron chi connectivity index (χ2n) is 6.53. The number of anilines is 1.